The number of carbonyl (C=O) groups excluding carboxylic acids is 1. The highest BCUT2D eigenvalue weighted by Gasteiger charge is 2.32. The van der Waals surface area contributed by atoms with Gasteiger partial charge in [-0.3, -0.25) is 9.20 Å². The molecule has 1 aliphatic heterocycles. The van der Waals surface area contributed by atoms with Crippen molar-refractivity contribution < 1.29 is 4.79 Å². The van der Waals surface area contributed by atoms with E-state index in [4.69, 9.17) is 4.98 Å². The Morgan fingerprint density at radius 3 is 2.87 bits per heavy atom. The number of amides is 1. The summed E-state index contributed by atoms with van der Waals surface area (Å²) in [5, 5.41) is 11.2. The summed E-state index contributed by atoms with van der Waals surface area (Å²) in [5.41, 5.74) is 2.41. The number of aryl methyl sites for hydroxylation is 2. The number of piperidine rings is 1. The fraction of sp³-hybridized carbons (Fsp3) is 0.636. The van der Waals surface area contributed by atoms with Crippen LogP contribution in [0.2, 0.25) is 0 Å². The molecule has 0 aromatic carbocycles. The predicted octanol–water partition coefficient (Wildman–Crippen LogP) is 4.45. The first-order valence-corrected chi connectivity index (χ1v) is 13.1. The molecule has 0 N–H and O–H groups in total. The van der Waals surface area contributed by atoms with E-state index in [1.807, 2.05) is 16.2 Å². The zero-order chi connectivity index (χ0) is 20.2. The van der Waals surface area contributed by atoms with Crippen LogP contribution in [0.25, 0.3) is 15.9 Å². The molecule has 158 valence electrons. The molecule has 2 aliphatic carbocycles. The minimum atomic E-state index is 0.221. The van der Waals surface area contributed by atoms with Crippen molar-refractivity contribution in [1.82, 2.24) is 24.5 Å². The van der Waals surface area contributed by atoms with Crippen LogP contribution < -0.4 is 0 Å². The molecule has 6 nitrogen and oxygen atoms in total. The molecule has 3 aromatic heterocycles. The number of rotatable bonds is 4. The molecule has 1 atom stereocenters. The molecule has 0 bridgehead atoms. The van der Waals surface area contributed by atoms with E-state index in [0.29, 0.717) is 17.6 Å². The molecule has 1 amide bonds. The summed E-state index contributed by atoms with van der Waals surface area (Å²) < 4.78 is 2.18. The van der Waals surface area contributed by atoms with E-state index in [0.717, 1.165) is 47.4 Å². The summed E-state index contributed by atoms with van der Waals surface area (Å²) in [6.45, 7) is 4.01. The highest BCUT2D eigenvalue weighted by atomic mass is 32.2. The van der Waals surface area contributed by atoms with E-state index >= 15 is 0 Å². The van der Waals surface area contributed by atoms with Crippen molar-refractivity contribution in [3.63, 3.8) is 0 Å². The second kappa shape index (κ2) is 7.48. The van der Waals surface area contributed by atoms with E-state index in [2.05, 4.69) is 21.5 Å². The second-order valence-electron chi connectivity index (χ2n) is 9.15. The van der Waals surface area contributed by atoms with Crippen LogP contribution in [-0.4, -0.2) is 49.2 Å². The summed E-state index contributed by atoms with van der Waals surface area (Å²) in [4.78, 5) is 22.6. The Morgan fingerprint density at radius 1 is 1.17 bits per heavy atom. The number of hydrogen-bond acceptors (Lipinski definition) is 6. The van der Waals surface area contributed by atoms with Gasteiger partial charge in [-0.05, 0) is 62.8 Å². The molecule has 0 radical (unpaired) electrons. The smallest absolute Gasteiger partial charge is 0.233 e. The van der Waals surface area contributed by atoms with E-state index < -0.39 is 0 Å². The van der Waals surface area contributed by atoms with Crippen LogP contribution in [0.3, 0.4) is 0 Å². The zero-order valence-corrected chi connectivity index (χ0v) is 19.0. The number of nitrogens with zero attached hydrogens (tertiary/aromatic N) is 5. The Morgan fingerprint density at radius 2 is 2.03 bits per heavy atom. The normalized spacial score (nSPS) is 22.0. The van der Waals surface area contributed by atoms with Gasteiger partial charge in [0.1, 0.15) is 10.7 Å². The fourth-order valence-electron chi connectivity index (χ4n) is 5.00. The molecule has 1 saturated carbocycles. The number of fused-ring (bicyclic) bond motifs is 5. The van der Waals surface area contributed by atoms with Crippen LogP contribution in [0, 0.1) is 5.92 Å². The minimum absolute atomic E-state index is 0.221. The van der Waals surface area contributed by atoms with Crippen molar-refractivity contribution in [2.75, 3.05) is 18.8 Å². The molecular formula is C22H27N5OS2. The Hall–Kier alpha value is -1.67. The summed E-state index contributed by atoms with van der Waals surface area (Å²) in [6, 6.07) is 0. The monoisotopic (exact) mass is 441 g/mol. The molecule has 30 heavy (non-hydrogen) atoms. The number of aromatic nitrogens is 4. The molecule has 4 heterocycles. The molecule has 3 aromatic rings. The summed E-state index contributed by atoms with van der Waals surface area (Å²) in [7, 11) is 0. The van der Waals surface area contributed by atoms with Gasteiger partial charge in [0.2, 0.25) is 5.91 Å². The number of carbonyl (C=O) groups is 1. The van der Waals surface area contributed by atoms with E-state index in [1.165, 1.54) is 66.1 Å². The topological polar surface area (TPSA) is 63.4 Å². The van der Waals surface area contributed by atoms with Crippen molar-refractivity contribution in [2.45, 2.75) is 69.4 Å². The molecule has 8 heteroatoms. The van der Waals surface area contributed by atoms with Crippen LogP contribution in [0.5, 0.6) is 0 Å². The number of thioether (sulfide) groups is 1. The van der Waals surface area contributed by atoms with Crippen LogP contribution in [0.15, 0.2) is 5.16 Å². The SMILES string of the molecule is CC1CCCN(C(=O)CSc2nnc3c4c5c(sc4nc(C4CC4)n23)CCCC5)C1. The Bertz CT molecular complexity index is 1130. The number of hydrogen-bond donors (Lipinski definition) is 0. The van der Waals surface area contributed by atoms with Gasteiger partial charge in [-0.15, -0.1) is 21.5 Å². The maximum absolute atomic E-state index is 12.8. The second-order valence-corrected chi connectivity index (χ2v) is 11.2. The van der Waals surface area contributed by atoms with Crippen molar-refractivity contribution in [2.24, 2.45) is 5.92 Å². The largest absolute Gasteiger partial charge is 0.342 e. The van der Waals surface area contributed by atoms with Crippen LogP contribution >= 0.6 is 23.1 Å². The standard InChI is InChI=1S/C22H27N5OS2/c1-13-5-4-10-26(11-13)17(28)12-29-22-25-24-20-18-15-6-2-3-7-16(15)30-21(18)23-19(27(20)22)14-8-9-14/h13-14H,2-12H2,1H3. The van der Waals surface area contributed by atoms with Gasteiger partial charge in [0.25, 0.3) is 0 Å². The molecule has 6 rings (SSSR count). The molecule has 3 aliphatic rings. The maximum Gasteiger partial charge on any atom is 0.233 e. The van der Waals surface area contributed by atoms with Crippen molar-refractivity contribution >= 4 is 44.9 Å². The first-order valence-electron chi connectivity index (χ1n) is 11.3. The van der Waals surface area contributed by atoms with Crippen molar-refractivity contribution in [3.05, 3.63) is 16.3 Å². The van der Waals surface area contributed by atoms with E-state index in [-0.39, 0.29) is 5.91 Å². The highest BCUT2D eigenvalue weighted by Crippen LogP contribution is 2.44. The van der Waals surface area contributed by atoms with Gasteiger partial charge in [0.05, 0.1) is 11.1 Å². The zero-order valence-electron chi connectivity index (χ0n) is 17.4. The number of likely N-dealkylation sites (tertiary alicyclic amines) is 1. The summed E-state index contributed by atoms with van der Waals surface area (Å²) in [6.07, 6.45) is 9.52. The number of thiophene rings is 1. The van der Waals surface area contributed by atoms with Gasteiger partial charge in [-0.2, -0.15) is 0 Å². The third-order valence-corrected chi connectivity index (χ3v) is 8.83. The van der Waals surface area contributed by atoms with E-state index in [9.17, 15) is 4.79 Å². The average molecular weight is 442 g/mol. The van der Waals surface area contributed by atoms with Crippen molar-refractivity contribution in [3.8, 4) is 0 Å². The van der Waals surface area contributed by atoms with Gasteiger partial charge < -0.3 is 4.90 Å². The molecule has 0 spiro atoms. The fourth-order valence-corrected chi connectivity index (χ4v) is 7.10. The van der Waals surface area contributed by atoms with Gasteiger partial charge >= 0.3 is 0 Å². The lowest BCUT2D eigenvalue weighted by Gasteiger charge is -2.30. The molecular weight excluding hydrogens is 414 g/mol. The lowest BCUT2D eigenvalue weighted by atomic mass is 9.97. The quantitative estimate of drug-likeness (QED) is 0.560. The first-order chi connectivity index (χ1) is 14.7. The van der Waals surface area contributed by atoms with E-state index in [1.54, 1.807) is 0 Å². The molecule has 1 unspecified atom stereocenters. The lowest BCUT2D eigenvalue weighted by molar-refractivity contribution is -0.130. The lowest BCUT2D eigenvalue weighted by Crippen LogP contribution is -2.40. The Labute approximate surface area is 184 Å². The Kier molecular flexibility index (Phi) is 4.75. The van der Waals surface area contributed by atoms with Crippen LogP contribution in [0.4, 0.5) is 0 Å². The average Bonchev–Trinajstić information content (AvgIpc) is 3.41. The van der Waals surface area contributed by atoms with Crippen LogP contribution in [0.1, 0.15) is 67.6 Å². The predicted molar refractivity (Wildman–Crippen MR) is 120 cm³/mol. The maximum atomic E-state index is 12.8. The van der Waals surface area contributed by atoms with Gasteiger partial charge in [0.15, 0.2) is 10.8 Å². The van der Waals surface area contributed by atoms with Crippen LogP contribution in [-0.2, 0) is 17.6 Å². The summed E-state index contributed by atoms with van der Waals surface area (Å²) in [5.74, 6) is 2.86. The highest BCUT2D eigenvalue weighted by molar-refractivity contribution is 7.99. The van der Waals surface area contributed by atoms with Gasteiger partial charge in [-0.1, -0.05) is 18.7 Å². The third kappa shape index (κ3) is 3.23. The minimum Gasteiger partial charge on any atom is -0.342 e. The van der Waals surface area contributed by atoms with Crippen molar-refractivity contribution in [1.29, 1.82) is 0 Å². The van der Waals surface area contributed by atoms with Gasteiger partial charge in [0, 0.05) is 23.9 Å². The summed E-state index contributed by atoms with van der Waals surface area (Å²) >= 11 is 3.39. The third-order valence-electron chi connectivity index (χ3n) is 6.73. The first kappa shape index (κ1) is 19.0. The Balaban J connectivity index is 1.36. The van der Waals surface area contributed by atoms with Gasteiger partial charge in [-0.25, -0.2) is 4.98 Å². The molecule has 1 saturated heterocycles. The molecule has 2 fully saturated rings.